The van der Waals surface area contributed by atoms with Crippen LogP contribution in [-0.2, 0) is 14.2 Å². The first-order valence-electron chi connectivity index (χ1n) is 6.70. The molecule has 0 aromatic carbocycles. The first-order chi connectivity index (χ1) is 9.27. The molecule has 2 heterocycles. The zero-order valence-electron chi connectivity index (χ0n) is 10.8. The molecule has 1 aliphatic heterocycles. The minimum absolute atomic E-state index is 0.342. The summed E-state index contributed by atoms with van der Waals surface area (Å²) in [6, 6.07) is 0. The van der Waals surface area contributed by atoms with Crippen molar-refractivity contribution in [2.75, 3.05) is 19.8 Å². The fraction of sp³-hybridized carbons (Fsp3) is 0.692. The third-order valence-electron chi connectivity index (χ3n) is 3.84. The normalized spacial score (nSPS) is 22.7. The van der Waals surface area contributed by atoms with Crippen molar-refractivity contribution in [3.8, 4) is 0 Å². The maximum absolute atomic E-state index is 11.6. The highest BCUT2D eigenvalue weighted by Gasteiger charge is 2.40. The molecule has 19 heavy (non-hydrogen) atoms. The van der Waals surface area contributed by atoms with Crippen LogP contribution in [0.1, 0.15) is 25.7 Å². The molecule has 0 amide bonds. The van der Waals surface area contributed by atoms with Gasteiger partial charge in [-0.1, -0.05) is 0 Å². The molecule has 1 saturated carbocycles. The Bertz CT molecular complexity index is 416. The van der Waals surface area contributed by atoms with Crippen LogP contribution in [0, 0.1) is 5.92 Å². The van der Waals surface area contributed by atoms with Crippen LogP contribution in [0.15, 0.2) is 18.7 Å². The maximum atomic E-state index is 11.6. The Balaban J connectivity index is 1.44. The van der Waals surface area contributed by atoms with Crippen molar-refractivity contribution in [1.82, 2.24) is 9.55 Å². The van der Waals surface area contributed by atoms with E-state index in [4.69, 9.17) is 14.2 Å². The number of imidazole rings is 1. The summed E-state index contributed by atoms with van der Waals surface area (Å²) >= 11 is 0. The summed E-state index contributed by atoms with van der Waals surface area (Å²) in [5.41, 5.74) is 0. The van der Waals surface area contributed by atoms with Gasteiger partial charge in [0.25, 0.3) is 0 Å². The average molecular weight is 266 g/mol. The Morgan fingerprint density at radius 1 is 1.37 bits per heavy atom. The Hall–Kier alpha value is -1.40. The number of hydrogen-bond acceptors (Lipinski definition) is 5. The second-order valence-electron chi connectivity index (χ2n) is 5.10. The molecule has 2 aliphatic rings. The van der Waals surface area contributed by atoms with Crippen molar-refractivity contribution in [3.63, 3.8) is 0 Å². The van der Waals surface area contributed by atoms with E-state index < -0.39 is 0 Å². The number of carbonyl (C=O) groups is 1. The van der Waals surface area contributed by atoms with Crippen LogP contribution in [0.25, 0.3) is 0 Å². The van der Waals surface area contributed by atoms with Crippen molar-refractivity contribution < 1.29 is 19.0 Å². The van der Waals surface area contributed by atoms with E-state index in [1.54, 1.807) is 12.4 Å². The minimum atomic E-state index is -0.369. The van der Waals surface area contributed by atoms with E-state index in [-0.39, 0.29) is 11.9 Å². The molecule has 0 N–H and O–H groups in total. The molecule has 3 rings (SSSR count). The van der Waals surface area contributed by atoms with Crippen LogP contribution in [0.2, 0.25) is 0 Å². The molecule has 6 heteroatoms. The minimum Gasteiger partial charge on any atom is -0.449 e. The van der Waals surface area contributed by atoms with Crippen LogP contribution >= 0.6 is 0 Å². The average Bonchev–Trinajstić information content (AvgIpc) is 3.09. The summed E-state index contributed by atoms with van der Waals surface area (Å²) in [5.74, 6) is 0.0519. The maximum Gasteiger partial charge on any atom is 0.419 e. The van der Waals surface area contributed by atoms with Gasteiger partial charge in [-0.25, -0.2) is 14.3 Å². The lowest BCUT2D eigenvalue weighted by molar-refractivity contribution is -0.183. The van der Waals surface area contributed by atoms with E-state index >= 15 is 0 Å². The Morgan fingerprint density at radius 2 is 2.11 bits per heavy atom. The van der Waals surface area contributed by atoms with Crippen LogP contribution in [0.3, 0.4) is 0 Å². The number of nitrogens with zero attached hydrogens (tertiary/aromatic N) is 2. The quantitative estimate of drug-likeness (QED) is 0.816. The van der Waals surface area contributed by atoms with Gasteiger partial charge in [-0.15, -0.1) is 0 Å². The first-order valence-corrected chi connectivity index (χ1v) is 6.70. The Labute approximate surface area is 111 Å². The Morgan fingerprint density at radius 3 is 2.74 bits per heavy atom. The zero-order chi connectivity index (χ0) is 13.1. The smallest absolute Gasteiger partial charge is 0.419 e. The van der Waals surface area contributed by atoms with Crippen molar-refractivity contribution >= 4 is 6.09 Å². The molecule has 1 aromatic heterocycles. The summed E-state index contributed by atoms with van der Waals surface area (Å²) in [6.07, 6.45) is 7.93. The SMILES string of the molecule is O=C(OCC1CCC2(CC1)OCCO2)n1ccnc1. The lowest BCUT2D eigenvalue weighted by atomic mass is 9.85. The molecule has 1 saturated heterocycles. The van der Waals surface area contributed by atoms with E-state index in [1.165, 1.54) is 10.9 Å². The summed E-state index contributed by atoms with van der Waals surface area (Å²) in [6.45, 7) is 1.84. The monoisotopic (exact) mass is 266 g/mol. The van der Waals surface area contributed by atoms with Gasteiger partial charge in [0.05, 0.1) is 19.8 Å². The standard InChI is InChI=1S/C13H18N2O4/c16-12(15-6-5-14-10-15)17-9-11-1-3-13(4-2-11)18-7-8-19-13/h5-6,10-11H,1-4,7-9H2. The van der Waals surface area contributed by atoms with Gasteiger partial charge in [0.1, 0.15) is 6.33 Å². The molecular weight excluding hydrogens is 248 g/mol. The molecule has 6 nitrogen and oxygen atoms in total. The molecule has 0 bridgehead atoms. The van der Waals surface area contributed by atoms with Crippen LogP contribution in [0.5, 0.6) is 0 Å². The second-order valence-corrected chi connectivity index (χ2v) is 5.10. The number of carbonyl (C=O) groups excluding carboxylic acids is 1. The molecule has 0 unspecified atom stereocenters. The molecular formula is C13H18N2O4. The van der Waals surface area contributed by atoms with Crippen LogP contribution < -0.4 is 0 Å². The lowest BCUT2D eigenvalue weighted by Crippen LogP contribution is -2.36. The number of hydrogen-bond donors (Lipinski definition) is 0. The predicted octanol–water partition coefficient (Wildman–Crippen LogP) is 1.80. The van der Waals surface area contributed by atoms with Gasteiger partial charge in [-0.05, 0) is 18.8 Å². The van der Waals surface area contributed by atoms with E-state index in [1.807, 2.05) is 0 Å². The number of rotatable bonds is 2. The number of ether oxygens (including phenoxy) is 3. The summed E-state index contributed by atoms with van der Waals surface area (Å²) < 4.78 is 18.0. The van der Waals surface area contributed by atoms with Crippen LogP contribution in [-0.4, -0.2) is 41.3 Å². The van der Waals surface area contributed by atoms with Gasteiger partial charge in [0.15, 0.2) is 5.79 Å². The van der Waals surface area contributed by atoms with Gasteiger partial charge in [0, 0.05) is 25.2 Å². The molecule has 0 radical (unpaired) electrons. The van der Waals surface area contributed by atoms with Gasteiger partial charge in [-0.3, -0.25) is 0 Å². The highest BCUT2D eigenvalue weighted by molar-refractivity contribution is 5.69. The zero-order valence-corrected chi connectivity index (χ0v) is 10.8. The molecule has 104 valence electrons. The second kappa shape index (κ2) is 5.30. The first kappa shape index (κ1) is 12.6. The highest BCUT2D eigenvalue weighted by Crippen LogP contribution is 2.38. The highest BCUT2D eigenvalue weighted by atomic mass is 16.7. The van der Waals surface area contributed by atoms with Gasteiger partial charge < -0.3 is 14.2 Å². The van der Waals surface area contributed by atoms with Crippen molar-refractivity contribution in [3.05, 3.63) is 18.7 Å². The summed E-state index contributed by atoms with van der Waals surface area (Å²) in [7, 11) is 0. The van der Waals surface area contributed by atoms with Gasteiger partial charge in [-0.2, -0.15) is 0 Å². The van der Waals surface area contributed by atoms with Gasteiger partial charge >= 0.3 is 6.09 Å². The molecule has 0 atom stereocenters. The predicted molar refractivity (Wildman–Crippen MR) is 65.6 cm³/mol. The Kier molecular flexibility index (Phi) is 3.52. The molecule has 2 fully saturated rings. The molecule has 1 aliphatic carbocycles. The van der Waals surface area contributed by atoms with Crippen molar-refractivity contribution in [2.45, 2.75) is 31.5 Å². The van der Waals surface area contributed by atoms with E-state index in [0.29, 0.717) is 25.7 Å². The molecule has 1 spiro atoms. The van der Waals surface area contributed by atoms with E-state index in [2.05, 4.69) is 4.98 Å². The number of aromatic nitrogens is 2. The third-order valence-corrected chi connectivity index (χ3v) is 3.84. The summed E-state index contributed by atoms with van der Waals surface area (Å²) in [5, 5.41) is 0. The fourth-order valence-electron chi connectivity index (χ4n) is 2.70. The largest absolute Gasteiger partial charge is 0.449 e. The van der Waals surface area contributed by atoms with Crippen molar-refractivity contribution in [1.29, 1.82) is 0 Å². The molecule has 1 aromatic rings. The topological polar surface area (TPSA) is 62.6 Å². The summed E-state index contributed by atoms with van der Waals surface area (Å²) in [4.78, 5) is 15.5. The van der Waals surface area contributed by atoms with Crippen LogP contribution in [0.4, 0.5) is 4.79 Å². The van der Waals surface area contributed by atoms with Gasteiger partial charge in [0.2, 0.25) is 0 Å². The lowest BCUT2D eigenvalue weighted by Gasteiger charge is -2.35. The van der Waals surface area contributed by atoms with E-state index in [9.17, 15) is 4.79 Å². The van der Waals surface area contributed by atoms with Crippen molar-refractivity contribution in [2.24, 2.45) is 5.92 Å². The third kappa shape index (κ3) is 2.79. The van der Waals surface area contributed by atoms with E-state index in [0.717, 1.165) is 25.7 Å². The fourth-order valence-corrected chi connectivity index (χ4v) is 2.70.